The molecule has 1 aliphatic heterocycles. The van der Waals surface area contributed by atoms with Crippen molar-refractivity contribution in [3.63, 3.8) is 0 Å². The van der Waals surface area contributed by atoms with Crippen molar-refractivity contribution in [1.82, 2.24) is 0 Å². The van der Waals surface area contributed by atoms with Crippen molar-refractivity contribution in [2.24, 2.45) is 11.8 Å². The summed E-state index contributed by atoms with van der Waals surface area (Å²) in [5.74, 6) is 2.84. The smallest absolute Gasteiger partial charge is 0.265 e. The minimum Gasteiger partial charge on any atom is -0.497 e. The van der Waals surface area contributed by atoms with Crippen LogP contribution in [0.1, 0.15) is 51.9 Å². The van der Waals surface area contributed by atoms with Crippen LogP contribution in [-0.4, -0.2) is 38.7 Å². The lowest BCUT2D eigenvalue weighted by atomic mass is 9.79. The molecular weight excluding hydrogens is 444 g/mol. The Morgan fingerprint density at radius 1 is 1.09 bits per heavy atom. The number of unbranched alkanes of at least 4 members (excludes halogenated alkanes) is 1. The number of hydrogen-bond acceptors (Lipinski definition) is 5. The lowest BCUT2D eigenvalue weighted by Crippen LogP contribution is -2.41. The number of ether oxygens (including phenoxy) is 3. The summed E-state index contributed by atoms with van der Waals surface area (Å²) < 4.78 is 16.6. The predicted molar refractivity (Wildman–Crippen MR) is 136 cm³/mol. The second-order valence-electron chi connectivity index (χ2n) is 9.39. The standard InChI is InChI=1S/C28H36N2O5/c1-3-4-5-20-6-8-21(9-7-20)28(32)29-22-10-15-26-25(18-22)30(27(31)19-35-26)16-17-34-24-13-11-23(33-2)12-14-24/h10-15,18,20-21H,3-9,16-17,19H2,1-2H3,(H,29,32). The zero-order valence-corrected chi connectivity index (χ0v) is 20.8. The van der Waals surface area contributed by atoms with Crippen LogP contribution in [0.15, 0.2) is 42.5 Å². The van der Waals surface area contributed by atoms with Crippen molar-refractivity contribution in [1.29, 1.82) is 0 Å². The van der Waals surface area contributed by atoms with E-state index in [0.717, 1.165) is 37.4 Å². The number of fused-ring (bicyclic) bond motifs is 1. The van der Waals surface area contributed by atoms with Crippen LogP contribution in [-0.2, 0) is 9.59 Å². The van der Waals surface area contributed by atoms with Crippen LogP contribution in [0.2, 0.25) is 0 Å². The van der Waals surface area contributed by atoms with Crippen LogP contribution in [0.25, 0.3) is 0 Å². The molecule has 7 heteroatoms. The molecule has 0 bridgehead atoms. The number of methoxy groups -OCH3 is 1. The molecule has 1 heterocycles. The molecule has 0 unspecified atom stereocenters. The quantitative estimate of drug-likeness (QED) is 0.490. The largest absolute Gasteiger partial charge is 0.497 e. The zero-order chi connectivity index (χ0) is 24.6. The highest BCUT2D eigenvalue weighted by Gasteiger charge is 2.28. The third-order valence-corrected chi connectivity index (χ3v) is 7.00. The van der Waals surface area contributed by atoms with Crippen LogP contribution in [0.5, 0.6) is 17.2 Å². The van der Waals surface area contributed by atoms with E-state index < -0.39 is 0 Å². The van der Waals surface area contributed by atoms with E-state index in [0.29, 0.717) is 36.0 Å². The summed E-state index contributed by atoms with van der Waals surface area (Å²) >= 11 is 0. The van der Waals surface area contributed by atoms with Crippen LogP contribution in [0, 0.1) is 11.8 Å². The van der Waals surface area contributed by atoms with Crippen molar-refractivity contribution in [3.05, 3.63) is 42.5 Å². The van der Waals surface area contributed by atoms with Crippen molar-refractivity contribution in [3.8, 4) is 17.2 Å². The van der Waals surface area contributed by atoms with Crippen molar-refractivity contribution >= 4 is 23.2 Å². The van der Waals surface area contributed by atoms with E-state index in [4.69, 9.17) is 14.2 Å². The molecule has 35 heavy (non-hydrogen) atoms. The summed E-state index contributed by atoms with van der Waals surface area (Å²) in [6.07, 6.45) is 7.94. The third-order valence-electron chi connectivity index (χ3n) is 7.00. The Kier molecular flexibility index (Phi) is 8.50. The molecule has 1 N–H and O–H groups in total. The van der Waals surface area contributed by atoms with Crippen LogP contribution in [0.3, 0.4) is 0 Å². The van der Waals surface area contributed by atoms with E-state index in [2.05, 4.69) is 12.2 Å². The summed E-state index contributed by atoms with van der Waals surface area (Å²) in [7, 11) is 1.62. The summed E-state index contributed by atoms with van der Waals surface area (Å²) in [6, 6.07) is 12.8. The normalized spacial score (nSPS) is 19.5. The molecule has 0 aromatic heterocycles. The second-order valence-corrected chi connectivity index (χ2v) is 9.39. The average Bonchev–Trinajstić information content (AvgIpc) is 2.89. The Hall–Kier alpha value is -3.22. The van der Waals surface area contributed by atoms with E-state index in [9.17, 15) is 9.59 Å². The van der Waals surface area contributed by atoms with Crippen LogP contribution in [0.4, 0.5) is 11.4 Å². The van der Waals surface area contributed by atoms with Crippen molar-refractivity contribution in [2.75, 3.05) is 37.1 Å². The molecule has 0 radical (unpaired) electrons. The Morgan fingerprint density at radius 2 is 1.83 bits per heavy atom. The molecule has 0 atom stereocenters. The molecule has 2 aliphatic rings. The summed E-state index contributed by atoms with van der Waals surface area (Å²) in [5, 5.41) is 3.07. The molecule has 7 nitrogen and oxygen atoms in total. The SMILES string of the molecule is CCCCC1CCC(C(=O)Nc2ccc3c(c2)N(CCOc2ccc(OC)cc2)C(=O)CO3)CC1. The predicted octanol–water partition coefficient (Wildman–Crippen LogP) is 5.43. The average molecular weight is 481 g/mol. The van der Waals surface area contributed by atoms with E-state index in [1.807, 2.05) is 42.5 Å². The molecule has 2 aromatic carbocycles. The molecule has 1 saturated carbocycles. The first-order valence-corrected chi connectivity index (χ1v) is 12.7. The number of nitrogens with zero attached hydrogens (tertiary/aromatic N) is 1. The van der Waals surface area contributed by atoms with E-state index in [-0.39, 0.29) is 24.3 Å². The zero-order valence-electron chi connectivity index (χ0n) is 20.8. The van der Waals surface area contributed by atoms with Crippen LogP contribution < -0.4 is 24.4 Å². The minimum atomic E-state index is -0.135. The van der Waals surface area contributed by atoms with Gasteiger partial charge >= 0.3 is 0 Å². The molecule has 0 spiro atoms. The first-order valence-electron chi connectivity index (χ1n) is 12.7. The first-order chi connectivity index (χ1) is 17.1. The summed E-state index contributed by atoms with van der Waals surface area (Å²) in [5.41, 5.74) is 1.34. The van der Waals surface area contributed by atoms with Gasteiger partial charge in [0, 0.05) is 11.6 Å². The van der Waals surface area contributed by atoms with Gasteiger partial charge in [-0.15, -0.1) is 0 Å². The molecule has 4 rings (SSSR count). The number of benzene rings is 2. The third kappa shape index (κ3) is 6.47. The van der Waals surface area contributed by atoms with Gasteiger partial charge in [-0.05, 0) is 74.1 Å². The molecule has 0 saturated heterocycles. The molecule has 1 aliphatic carbocycles. The maximum absolute atomic E-state index is 12.9. The highest BCUT2D eigenvalue weighted by molar-refractivity contribution is 5.99. The molecule has 1 fully saturated rings. The number of anilines is 2. The van der Waals surface area contributed by atoms with Crippen LogP contribution >= 0.6 is 0 Å². The Bertz CT molecular complexity index is 999. The van der Waals surface area contributed by atoms with Gasteiger partial charge in [0.1, 0.15) is 23.9 Å². The molecule has 2 amide bonds. The van der Waals surface area contributed by atoms with Gasteiger partial charge < -0.3 is 24.4 Å². The van der Waals surface area contributed by atoms with Gasteiger partial charge in [0.15, 0.2) is 6.61 Å². The second kappa shape index (κ2) is 12.0. The minimum absolute atomic E-state index is 0.0114. The van der Waals surface area contributed by atoms with E-state index in [1.165, 1.54) is 19.3 Å². The number of amides is 2. The number of hydrogen-bond donors (Lipinski definition) is 1. The van der Waals surface area contributed by atoms with Crippen molar-refractivity contribution < 1.29 is 23.8 Å². The number of nitrogens with one attached hydrogen (secondary N) is 1. The maximum Gasteiger partial charge on any atom is 0.265 e. The lowest BCUT2D eigenvalue weighted by molar-refractivity contribution is -0.121. The summed E-state index contributed by atoms with van der Waals surface area (Å²) in [4.78, 5) is 27.2. The number of carbonyl (C=O) groups excluding carboxylic acids is 2. The van der Waals surface area contributed by atoms with Gasteiger partial charge in [0.05, 0.1) is 19.3 Å². The van der Waals surface area contributed by atoms with Gasteiger partial charge in [-0.2, -0.15) is 0 Å². The summed E-state index contributed by atoms with van der Waals surface area (Å²) in [6.45, 7) is 2.92. The first kappa shape index (κ1) is 24.9. The maximum atomic E-state index is 12.9. The number of rotatable bonds is 10. The van der Waals surface area contributed by atoms with E-state index in [1.54, 1.807) is 12.0 Å². The Morgan fingerprint density at radius 3 is 2.54 bits per heavy atom. The highest BCUT2D eigenvalue weighted by Crippen LogP contribution is 2.36. The fourth-order valence-corrected chi connectivity index (χ4v) is 4.90. The fourth-order valence-electron chi connectivity index (χ4n) is 4.90. The molecule has 188 valence electrons. The van der Waals surface area contributed by atoms with Gasteiger partial charge in [-0.1, -0.05) is 26.2 Å². The Labute approximate surface area is 207 Å². The monoisotopic (exact) mass is 480 g/mol. The molecular formula is C28H36N2O5. The van der Waals surface area contributed by atoms with Gasteiger partial charge in [0.25, 0.3) is 5.91 Å². The highest BCUT2D eigenvalue weighted by atomic mass is 16.5. The van der Waals surface area contributed by atoms with Gasteiger partial charge in [-0.25, -0.2) is 0 Å². The lowest BCUT2D eigenvalue weighted by Gasteiger charge is -2.30. The van der Waals surface area contributed by atoms with Crippen molar-refractivity contribution in [2.45, 2.75) is 51.9 Å². The number of carbonyl (C=O) groups is 2. The van der Waals surface area contributed by atoms with E-state index >= 15 is 0 Å². The fraction of sp³-hybridized carbons (Fsp3) is 0.500. The van der Waals surface area contributed by atoms with Gasteiger partial charge in [0.2, 0.25) is 5.91 Å². The molecule has 2 aromatic rings. The Balaban J connectivity index is 1.35. The van der Waals surface area contributed by atoms with Gasteiger partial charge in [-0.3, -0.25) is 9.59 Å². The topological polar surface area (TPSA) is 77.1 Å².